The van der Waals surface area contributed by atoms with E-state index in [-0.39, 0.29) is 17.6 Å². The van der Waals surface area contributed by atoms with Crippen molar-refractivity contribution in [1.29, 1.82) is 0 Å². The van der Waals surface area contributed by atoms with Gasteiger partial charge in [0.2, 0.25) is 0 Å². The molecule has 0 radical (unpaired) electrons. The number of halogens is 1. The third-order valence-corrected chi connectivity index (χ3v) is 4.39. The van der Waals surface area contributed by atoms with Crippen LogP contribution in [0, 0.1) is 11.7 Å². The van der Waals surface area contributed by atoms with Crippen molar-refractivity contribution in [2.24, 2.45) is 5.92 Å². The first-order chi connectivity index (χ1) is 10.5. The molecule has 2 heterocycles. The van der Waals surface area contributed by atoms with Gasteiger partial charge in [-0.15, -0.1) is 0 Å². The predicted molar refractivity (Wildman–Crippen MR) is 77.5 cm³/mol. The molecule has 0 spiro atoms. The first kappa shape index (κ1) is 15.0. The van der Waals surface area contributed by atoms with E-state index in [4.69, 9.17) is 4.74 Å². The van der Waals surface area contributed by atoms with Crippen molar-refractivity contribution in [3.63, 3.8) is 0 Å². The number of amides is 3. The Labute approximate surface area is 128 Å². The first-order valence-corrected chi connectivity index (χ1v) is 7.48. The number of rotatable bonds is 3. The fourth-order valence-corrected chi connectivity index (χ4v) is 3.05. The lowest BCUT2D eigenvalue weighted by Gasteiger charge is -2.26. The maximum absolute atomic E-state index is 13.1. The maximum atomic E-state index is 13.1. The Bertz CT molecular complexity index is 584. The van der Waals surface area contributed by atoms with Crippen molar-refractivity contribution in [2.75, 3.05) is 19.8 Å². The molecule has 0 saturated carbocycles. The van der Waals surface area contributed by atoms with Gasteiger partial charge in [-0.05, 0) is 37.5 Å². The Morgan fingerprint density at radius 1 is 1.36 bits per heavy atom. The van der Waals surface area contributed by atoms with E-state index in [1.807, 2.05) is 0 Å². The van der Waals surface area contributed by atoms with Gasteiger partial charge in [0.05, 0.1) is 6.61 Å². The van der Waals surface area contributed by atoms with E-state index in [1.54, 1.807) is 6.92 Å². The molecule has 2 saturated heterocycles. The number of benzene rings is 1. The van der Waals surface area contributed by atoms with Gasteiger partial charge in [0.1, 0.15) is 11.4 Å². The minimum atomic E-state index is -1.14. The van der Waals surface area contributed by atoms with Crippen LogP contribution >= 0.6 is 0 Å². The Hall–Kier alpha value is -1.95. The molecule has 2 atom stereocenters. The lowest BCUT2D eigenvalue weighted by molar-refractivity contribution is -0.131. The predicted octanol–water partition coefficient (Wildman–Crippen LogP) is 2.02. The molecule has 22 heavy (non-hydrogen) atoms. The quantitative estimate of drug-likeness (QED) is 0.869. The lowest BCUT2D eigenvalue weighted by atomic mass is 9.91. The van der Waals surface area contributed by atoms with E-state index >= 15 is 0 Å². The minimum Gasteiger partial charge on any atom is -0.381 e. The maximum Gasteiger partial charge on any atom is 0.325 e. The van der Waals surface area contributed by atoms with E-state index in [1.165, 1.54) is 29.2 Å². The average molecular weight is 306 g/mol. The SMILES string of the molecule is C[C@]1(c2ccc(F)cc2)NC(=O)N(C[C@H]2CCCOC2)C1=O. The molecule has 0 aliphatic carbocycles. The number of carbonyl (C=O) groups is 2. The zero-order valence-corrected chi connectivity index (χ0v) is 12.5. The van der Waals surface area contributed by atoms with Crippen LogP contribution in [-0.2, 0) is 15.1 Å². The van der Waals surface area contributed by atoms with Crippen LogP contribution in [0.2, 0.25) is 0 Å². The Morgan fingerprint density at radius 2 is 2.09 bits per heavy atom. The third-order valence-electron chi connectivity index (χ3n) is 4.39. The van der Waals surface area contributed by atoms with Gasteiger partial charge in [0.25, 0.3) is 5.91 Å². The summed E-state index contributed by atoms with van der Waals surface area (Å²) in [5.74, 6) is -0.492. The highest BCUT2D eigenvalue weighted by atomic mass is 19.1. The Kier molecular flexibility index (Phi) is 3.87. The highest BCUT2D eigenvalue weighted by molar-refractivity contribution is 6.07. The van der Waals surface area contributed by atoms with Crippen LogP contribution in [0.5, 0.6) is 0 Å². The van der Waals surface area contributed by atoms with Crippen LogP contribution in [-0.4, -0.2) is 36.6 Å². The van der Waals surface area contributed by atoms with Crippen molar-refractivity contribution in [2.45, 2.75) is 25.3 Å². The summed E-state index contributed by atoms with van der Waals surface area (Å²) in [6.07, 6.45) is 1.90. The molecule has 0 unspecified atom stereocenters. The normalized spacial score (nSPS) is 28.8. The van der Waals surface area contributed by atoms with Crippen LogP contribution in [0.4, 0.5) is 9.18 Å². The Morgan fingerprint density at radius 3 is 2.73 bits per heavy atom. The molecular weight excluding hydrogens is 287 g/mol. The van der Waals surface area contributed by atoms with Crippen molar-refractivity contribution >= 4 is 11.9 Å². The first-order valence-electron chi connectivity index (χ1n) is 7.48. The van der Waals surface area contributed by atoms with Gasteiger partial charge < -0.3 is 10.1 Å². The number of nitrogens with zero attached hydrogens (tertiary/aromatic N) is 1. The van der Waals surface area contributed by atoms with Gasteiger partial charge in [-0.2, -0.15) is 0 Å². The van der Waals surface area contributed by atoms with Gasteiger partial charge in [0, 0.05) is 19.1 Å². The second kappa shape index (κ2) is 5.68. The molecule has 0 bridgehead atoms. The number of ether oxygens (including phenoxy) is 1. The van der Waals surface area contributed by atoms with Crippen molar-refractivity contribution < 1.29 is 18.7 Å². The third kappa shape index (κ3) is 2.59. The molecule has 1 aromatic rings. The molecule has 2 aliphatic heterocycles. The largest absolute Gasteiger partial charge is 0.381 e. The summed E-state index contributed by atoms with van der Waals surface area (Å²) in [4.78, 5) is 26.2. The number of carbonyl (C=O) groups excluding carboxylic acids is 2. The lowest BCUT2D eigenvalue weighted by Crippen LogP contribution is -2.42. The summed E-state index contributed by atoms with van der Waals surface area (Å²) < 4.78 is 18.5. The van der Waals surface area contributed by atoms with Crippen LogP contribution in [0.1, 0.15) is 25.3 Å². The molecule has 2 fully saturated rings. The van der Waals surface area contributed by atoms with E-state index in [0.717, 1.165) is 19.4 Å². The fourth-order valence-electron chi connectivity index (χ4n) is 3.05. The molecule has 3 amide bonds. The summed E-state index contributed by atoms with van der Waals surface area (Å²) in [6, 6.07) is 5.24. The van der Waals surface area contributed by atoms with E-state index < -0.39 is 11.6 Å². The molecule has 6 heteroatoms. The monoisotopic (exact) mass is 306 g/mol. The second-order valence-electron chi connectivity index (χ2n) is 6.06. The number of hydrogen-bond donors (Lipinski definition) is 1. The van der Waals surface area contributed by atoms with Gasteiger partial charge >= 0.3 is 6.03 Å². The molecule has 1 N–H and O–H groups in total. The summed E-state index contributed by atoms with van der Waals surface area (Å²) in [6.45, 7) is 3.33. The summed E-state index contributed by atoms with van der Waals surface area (Å²) in [7, 11) is 0. The molecule has 118 valence electrons. The fraction of sp³-hybridized carbons (Fsp3) is 0.500. The summed E-state index contributed by atoms with van der Waals surface area (Å²) in [5.41, 5.74) is -0.560. The van der Waals surface area contributed by atoms with E-state index in [0.29, 0.717) is 18.7 Å². The number of imide groups is 1. The van der Waals surface area contributed by atoms with Crippen LogP contribution in [0.25, 0.3) is 0 Å². The van der Waals surface area contributed by atoms with E-state index in [9.17, 15) is 14.0 Å². The highest BCUT2D eigenvalue weighted by Crippen LogP contribution is 2.30. The molecule has 0 aromatic heterocycles. The van der Waals surface area contributed by atoms with Crippen LogP contribution < -0.4 is 5.32 Å². The smallest absolute Gasteiger partial charge is 0.325 e. The van der Waals surface area contributed by atoms with Crippen LogP contribution in [0.3, 0.4) is 0 Å². The second-order valence-corrected chi connectivity index (χ2v) is 6.06. The zero-order chi connectivity index (χ0) is 15.7. The summed E-state index contributed by atoms with van der Waals surface area (Å²) in [5, 5.41) is 2.73. The standard InChI is InChI=1S/C16H19FN2O3/c1-16(12-4-6-13(17)7-5-12)14(20)19(15(21)18-16)9-11-3-2-8-22-10-11/h4-7,11H,2-3,8-10H2,1H3,(H,18,21)/t11-,16-/m1/s1. The highest BCUT2D eigenvalue weighted by Gasteiger charge is 2.49. The average Bonchev–Trinajstić information content (AvgIpc) is 2.73. The molecule has 3 rings (SSSR count). The number of urea groups is 1. The summed E-state index contributed by atoms with van der Waals surface area (Å²) >= 11 is 0. The van der Waals surface area contributed by atoms with Gasteiger partial charge in [-0.1, -0.05) is 12.1 Å². The molecule has 5 nitrogen and oxygen atoms in total. The molecular formula is C16H19FN2O3. The van der Waals surface area contributed by atoms with Crippen LogP contribution in [0.15, 0.2) is 24.3 Å². The van der Waals surface area contributed by atoms with Crippen molar-refractivity contribution in [3.05, 3.63) is 35.6 Å². The van der Waals surface area contributed by atoms with Gasteiger partial charge in [0.15, 0.2) is 0 Å². The molecule has 1 aromatic carbocycles. The topological polar surface area (TPSA) is 58.6 Å². The number of hydrogen-bond acceptors (Lipinski definition) is 3. The van der Waals surface area contributed by atoms with Crippen molar-refractivity contribution in [3.8, 4) is 0 Å². The Balaban J connectivity index is 1.79. The van der Waals surface area contributed by atoms with Gasteiger partial charge in [-0.3, -0.25) is 9.69 Å². The zero-order valence-electron chi connectivity index (χ0n) is 12.5. The van der Waals surface area contributed by atoms with E-state index in [2.05, 4.69) is 5.32 Å². The number of nitrogens with one attached hydrogen (secondary N) is 1. The van der Waals surface area contributed by atoms with Gasteiger partial charge in [-0.25, -0.2) is 9.18 Å². The minimum absolute atomic E-state index is 0.180. The van der Waals surface area contributed by atoms with Crippen molar-refractivity contribution in [1.82, 2.24) is 10.2 Å². The molecule has 2 aliphatic rings.